The number of nitrogens with one attached hydrogen (secondary N) is 4. The summed E-state index contributed by atoms with van der Waals surface area (Å²) in [6.45, 7) is 0.333. The molecule has 0 atom stereocenters. The maximum Gasteiger partial charge on any atom is 0.224 e. The molecule has 0 aliphatic heterocycles. The summed E-state index contributed by atoms with van der Waals surface area (Å²) in [5, 5.41) is 51.1. The Hall–Kier alpha value is -4.00. The van der Waals surface area contributed by atoms with Crippen molar-refractivity contribution in [2.24, 2.45) is 10.4 Å². The molecule has 2 rings (SSSR count). The Morgan fingerprint density at radius 3 is 0.971 bits per heavy atom. The number of hydrogen-bond donors (Lipinski definition) is 10. The van der Waals surface area contributed by atoms with Crippen LogP contribution in [0.15, 0.2) is 10.4 Å². The smallest absolute Gasteiger partial charge is 0.224 e. The number of anilines is 6. The van der Waals surface area contributed by atoms with E-state index in [4.69, 9.17) is 31.9 Å². The van der Waals surface area contributed by atoms with Gasteiger partial charge >= 0.3 is 0 Å². The van der Waals surface area contributed by atoms with Crippen LogP contribution in [0.3, 0.4) is 0 Å². The first-order valence-electron chi connectivity index (χ1n) is 9.86. The summed E-state index contributed by atoms with van der Waals surface area (Å²) in [5.74, 6) is 0.476. The number of hydrogen-bond acceptors (Lipinski definition) is 18. The normalized spacial score (nSPS) is 10.0. The molecule has 0 unspecified atom stereocenters. The number of nitrogen functional groups attached to an aromatic ring is 2. The molecule has 0 bridgehead atoms. The van der Waals surface area contributed by atoms with E-state index in [0.717, 1.165) is 0 Å². The van der Waals surface area contributed by atoms with Crippen molar-refractivity contribution in [2.45, 2.75) is 0 Å². The molecule has 0 spiro atoms. The summed E-state index contributed by atoms with van der Waals surface area (Å²) in [7, 11) is 0. The van der Waals surface area contributed by atoms with E-state index in [9.17, 15) is 9.81 Å². The van der Waals surface area contributed by atoms with Crippen LogP contribution in [-0.2, 0) is 0 Å². The van der Waals surface area contributed by atoms with Crippen molar-refractivity contribution in [2.75, 3.05) is 85.3 Å². The predicted octanol–water partition coefficient (Wildman–Crippen LogP) is -1.47. The highest BCUT2D eigenvalue weighted by Gasteiger charge is 2.15. The van der Waals surface area contributed by atoms with Crippen LogP contribution >= 0.6 is 0 Å². The average molecular weight is 484 g/mol. The minimum absolute atomic E-state index is 0.0406. The van der Waals surface area contributed by atoms with E-state index in [1.807, 2.05) is 0 Å². The molecule has 0 aliphatic rings. The molecular weight excluding hydrogens is 456 g/mol. The second kappa shape index (κ2) is 15.7. The summed E-state index contributed by atoms with van der Waals surface area (Å²) < 4.78 is 0. The van der Waals surface area contributed by atoms with E-state index in [1.165, 1.54) is 0 Å². The number of aromatic nitrogens is 4. The molecule has 2 aromatic heterocycles. The summed E-state index contributed by atoms with van der Waals surface area (Å²) in [6, 6.07) is 0. The lowest BCUT2D eigenvalue weighted by Gasteiger charge is -2.10. The molecule has 18 nitrogen and oxygen atoms in total. The second-order valence-corrected chi connectivity index (χ2v) is 6.04. The number of nitroso groups, excluding NO2 is 2. The van der Waals surface area contributed by atoms with E-state index in [0.29, 0.717) is 0 Å². The molecule has 34 heavy (non-hydrogen) atoms. The molecule has 188 valence electrons. The Morgan fingerprint density at radius 1 is 0.559 bits per heavy atom. The first-order valence-corrected chi connectivity index (χ1v) is 9.86. The van der Waals surface area contributed by atoms with E-state index in [1.54, 1.807) is 0 Å². The van der Waals surface area contributed by atoms with Gasteiger partial charge in [-0.05, 0) is 10.4 Å². The van der Waals surface area contributed by atoms with Gasteiger partial charge in [0.15, 0.2) is 34.6 Å². The number of aliphatic hydroxyl groups is 4. The molecule has 0 radical (unpaired) electrons. The van der Waals surface area contributed by atoms with Gasteiger partial charge in [-0.1, -0.05) is 0 Å². The highest BCUT2D eigenvalue weighted by Crippen LogP contribution is 2.31. The Bertz CT molecular complexity index is 787. The lowest BCUT2D eigenvalue weighted by molar-refractivity contribution is 0.310. The number of nitrogens with zero attached hydrogens (tertiary/aromatic N) is 6. The van der Waals surface area contributed by atoms with E-state index in [2.05, 4.69) is 51.6 Å². The fraction of sp³-hybridized carbons (Fsp3) is 0.500. The molecule has 2 aromatic rings. The van der Waals surface area contributed by atoms with Crippen molar-refractivity contribution in [1.29, 1.82) is 0 Å². The standard InChI is InChI=1S/2C8H14N6O3/c2*9-8-12-6(10-1-3-15)5(14-17)7(13-8)11-2-4-16/h2*15-16H,1-4H2,(H4,9,10,11,12,13). The van der Waals surface area contributed by atoms with Crippen LogP contribution in [-0.4, -0.2) is 93.0 Å². The quantitative estimate of drug-likeness (QED) is 0.137. The molecule has 0 aromatic carbocycles. The highest BCUT2D eigenvalue weighted by molar-refractivity contribution is 5.75. The SMILES string of the molecule is Nc1nc(NCCO)c(N=O)c(NCCO)n1.Nc1nc(NCCO)c(N=O)c(NCCO)n1. The van der Waals surface area contributed by atoms with Crippen molar-refractivity contribution < 1.29 is 20.4 Å². The molecule has 0 saturated carbocycles. The van der Waals surface area contributed by atoms with Crippen LogP contribution in [0.5, 0.6) is 0 Å². The van der Waals surface area contributed by atoms with Crippen molar-refractivity contribution in [3.05, 3.63) is 9.81 Å². The first-order chi connectivity index (χ1) is 16.4. The van der Waals surface area contributed by atoms with Gasteiger partial charge in [0.2, 0.25) is 11.9 Å². The predicted molar refractivity (Wildman–Crippen MR) is 126 cm³/mol. The van der Waals surface area contributed by atoms with E-state index in [-0.39, 0.29) is 99.1 Å². The summed E-state index contributed by atoms with van der Waals surface area (Å²) in [5.41, 5.74) is 10.8. The van der Waals surface area contributed by atoms with Crippen molar-refractivity contribution >= 4 is 46.5 Å². The number of aliphatic hydroxyl groups excluding tert-OH is 4. The van der Waals surface area contributed by atoms with Crippen LogP contribution in [0, 0.1) is 9.81 Å². The zero-order chi connectivity index (χ0) is 25.3. The van der Waals surface area contributed by atoms with Gasteiger partial charge in [-0.15, -0.1) is 9.81 Å². The Kier molecular flexibility index (Phi) is 13.0. The minimum atomic E-state index is -0.123. The fourth-order valence-corrected chi connectivity index (χ4v) is 2.31. The van der Waals surface area contributed by atoms with E-state index < -0.39 is 0 Å². The minimum Gasteiger partial charge on any atom is -0.395 e. The van der Waals surface area contributed by atoms with Gasteiger partial charge < -0.3 is 53.2 Å². The van der Waals surface area contributed by atoms with Gasteiger partial charge in [-0.2, -0.15) is 19.9 Å². The van der Waals surface area contributed by atoms with Crippen LogP contribution in [0.4, 0.5) is 46.5 Å². The van der Waals surface area contributed by atoms with Gasteiger partial charge in [0.25, 0.3) is 0 Å². The van der Waals surface area contributed by atoms with Crippen LogP contribution in [0.1, 0.15) is 0 Å². The molecule has 2 heterocycles. The zero-order valence-corrected chi connectivity index (χ0v) is 18.1. The number of nitrogens with two attached hydrogens (primary N) is 2. The largest absolute Gasteiger partial charge is 0.395 e. The maximum atomic E-state index is 10.7. The molecule has 0 saturated heterocycles. The van der Waals surface area contributed by atoms with Crippen molar-refractivity contribution in [3.8, 4) is 0 Å². The first kappa shape index (κ1) is 28.0. The van der Waals surface area contributed by atoms with Gasteiger partial charge in [-0.3, -0.25) is 0 Å². The van der Waals surface area contributed by atoms with Gasteiger partial charge in [-0.25, -0.2) is 0 Å². The highest BCUT2D eigenvalue weighted by atomic mass is 16.3. The maximum absolute atomic E-state index is 10.7. The third-order valence-electron chi connectivity index (χ3n) is 3.60. The van der Waals surface area contributed by atoms with Gasteiger partial charge in [0, 0.05) is 26.2 Å². The lowest BCUT2D eigenvalue weighted by Crippen LogP contribution is -2.13. The second-order valence-electron chi connectivity index (χ2n) is 6.04. The zero-order valence-electron chi connectivity index (χ0n) is 18.1. The van der Waals surface area contributed by atoms with Crippen LogP contribution < -0.4 is 32.7 Å². The summed E-state index contributed by atoms with van der Waals surface area (Å²) in [4.78, 5) is 36.6. The van der Waals surface area contributed by atoms with Gasteiger partial charge in [0.1, 0.15) is 0 Å². The van der Waals surface area contributed by atoms with Crippen molar-refractivity contribution in [1.82, 2.24) is 19.9 Å². The molecular formula is C16H28N12O6. The topological polar surface area (TPSA) is 292 Å². The Morgan fingerprint density at radius 2 is 0.794 bits per heavy atom. The molecule has 18 heteroatoms. The van der Waals surface area contributed by atoms with Gasteiger partial charge in [0.05, 0.1) is 26.4 Å². The molecule has 0 fully saturated rings. The average Bonchev–Trinajstić information content (AvgIpc) is 2.83. The summed E-state index contributed by atoms with van der Waals surface area (Å²) >= 11 is 0. The third-order valence-corrected chi connectivity index (χ3v) is 3.60. The van der Waals surface area contributed by atoms with Crippen LogP contribution in [0.25, 0.3) is 0 Å². The lowest BCUT2D eigenvalue weighted by atomic mass is 10.4. The number of rotatable bonds is 14. The summed E-state index contributed by atoms with van der Waals surface area (Å²) in [6.07, 6.45) is 0. The molecule has 0 aliphatic carbocycles. The Labute approximate surface area is 193 Å². The molecule has 0 amide bonds. The fourth-order valence-electron chi connectivity index (χ4n) is 2.31. The molecule has 12 N–H and O–H groups in total. The third kappa shape index (κ3) is 8.86. The van der Waals surface area contributed by atoms with Crippen LogP contribution in [0.2, 0.25) is 0 Å². The Balaban J connectivity index is 0.000000340. The van der Waals surface area contributed by atoms with Crippen molar-refractivity contribution in [3.63, 3.8) is 0 Å². The monoisotopic (exact) mass is 484 g/mol. The van der Waals surface area contributed by atoms with E-state index >= 15 is 0 Å².